The number of hydrogen-bond donors (Lipinski definition) is 5. The van der Waals surface area contributed by atoms with Gasteiger partial charge in [0, 0.05) is 37.1 Å². The number of carbonyl (C=O) groups is 2. The van der Waals surface area contributed by atoms with Gasteiger partial charge in [-0.15, -0.1) is 0 Å². The van der Waals surface area contributed by atoms with E-state index in [-0.39, 0.29) is 40.9 Å². The second-order valence-electron chi connectivity index (χ2n) is 12.8. The number of H-pyrrole nitrogens is 1. The summed E-state index contributed by atoms with van der Waals surface area (Å²) in [5.41, 5.74) is 2.20. The van der Waals surface area contributed by atoms with Crippen molar-refractivity contribution in [1.82, 2.24) is 24.6 Å². The van der Waals surface area contributed by atoms with E-state index in [0.717, 1.165) is 34.8 Å². The first-order valence-corrected chi connectivity index (χ1v) is 18.0. The lowest BCUT2D eigenvalue weighted by Crippen LogP contribution is -2.49. The average molecular weight is 735 g/mol. The van der Waals surface area contributed by atoms with E-state index in [9.17, 15) is 27.9 Å². The normalized spacial score (nSPS) is 12.2. The van der Waals surface area contributed by atoms with Crippen molar-refractivity contribution < 1.29 is 31.9 Å². The molecule has 0 spiro atoms. The van der Waals surface area contributed by atoms with Gasteiger partial charge < -0.3 is 25.3 Å². The number of sulfonamides is 1. The highest BCUT2D eigenvalue weighted by Crippen LogP contribution is 2.25. The summed E-state index contributed by atoms with van der Waals surface area (Å²) in [5, 5.41) is 14.8. The van der Waals surface area contributed by atoms with Gasteiger partial charge in [0.15, 0.2) is 5.82 Å². The number of aromatic nitrogens is 3. The van der Waals surface area contributed by atoms with Crippen LogP contribution in [0, 0.1) is 46.3 Å². The maximum absolute atomic E-state index is 16.3. The third-order valence-electron chi connectivity index (χ3n) is 8.81. The van der Waals surface area contributed by atoms with E-state index >= 15 is 8.78 Å². The molecule has 0 fully saturated rings. The summed E-state index contributed by atoms with van der Waals surface area (Å²) in [6, 6.07) is 11.6. The van der Waals surface area contributed by atoms with Crippen LogP contribution in [0.5, 0.6) is 0 Å². The highest BCUT2D eigenvalue weighted by molar-refractivity contribution is 7.89. The van der Waals surface area contributed by atoms with Crippen LogP contribution < -0.4 is 20.8 Å². The SMILES string of the molecule is Cc1cc(C)c(S(=O)(=O)NC(CNC(=O)c2cn(CCc3ccccc3)c3c(F)c(CCNc4nc(C)c(C)[nH]4)c(F)cc3c2=O)C(=O)O)c(C)c1. The van der Waals surface area contributed by atoms with Crippen LogP contribution in [0.25, 0.3) is 10.9 Å². The summed E-state index contributed by atoms with van der Waals surface area (Å²) < 4.78 is 61.8. The van der Waals surface area contributed by atoms with E-state index in [1.807, 2.05) is 44.2 Å². The third-order valence-corrected chi connectivity index (χ3v) is 10.6. The van der Waals surface area contributed by atoms with Crippen LogP contribution in [-0.2, 0) is 34.2 Å². The van der Waals surface area contributed by atoms with Gasteiger partial charge in [-0.25, -0.2) is 22.2 Å². The molecule has 1 unspecified atom stereocenters. The van der Waals surface area contributed by atoms with Crippen molar-refractivity contribution in [2.45, 2.75) is 64.9 Å². The second kappa shape index (κ2) is 15.5. The number of amides is 1. The standard InChI is InChI=1S/C37H40F2N6O6S/c1-20-15-21(2)34(22(3)16-20)52(50,51)44-30(36(48)49)18-41-35(47)28-19-45(14-12-25-9-7-6-8-10-25)32-27(33(28)46)17-29(38)26(31(32)39)11-13-40-37-42-23(4)24(5)43-37/h6-10,15-17,19,30,44H,11-14,18H2,1-5H3,(H,41,47)(H,48,49)(H2,40,42,43). The van der Waals surface area contributed by atoms with Gasteiger partial charge in [-0.05, 0) is 70.2 Å². The van der Waals surface area contributed by atoms with E-state index in [0.29, 0.717) is 23.5 Å². The molecule has 2 aromatic heterocycles. The summed E-state index contributed by atoms with van der Waals surface area (Å²) in [7, 11) is -4.35. The Bertz CT molecular complexity index is 2300. The fraction of sp³-hybridized carbons (Fsp3) is 0.297. The lowest BCUT2D eigenvalue weighted by atomic mass is 10.0. The summed E-state index contributed by atoms with van der Waals surface area (Å²) in [4.78, 5) is 46.6. The molecule has 2 heterocycles. The molecule has 0 aliphatic carbocycles. The molecular weight excluding hydrogens is 695 g/mol. The first-order chi connectivity index (χ1) is 24.6. The highest BCUT2D eigenvalue weighted by Gasteiger charge is 2.29. The number of aliphatic carboxylic acids is 1. The van der Waals surface area contributed by atoms with Crippen molar-refractivity contribution in [3.63, 3.8) is 0 Å². The number of carbonyl (C=O) groups excluding carboxylic acids is 1. The minimum absolute atomic E-state index is 0.0862. The Morgan fingerprint density at radius 1 is 1.00 bits per heavy atom. The molecule has 5 rings (SSSR count). The molecule has 3 aromatic carbocycles. The number of anilines is 1. The van der Waals surface area contributed by atoms with Crippen molar-refractivity contribution in [3.05, 3.63) is 121 Å². The molecule has 0 bridgehead atoms. The van der Waals surface area contributed by atoms with E-state index in [1.165, 1.54) is 4.57 Å². The number of hydrogen-bond acceptors (Lipinski definition) is 7. The van der Waals surface area contributed by atoms with Gasteiger partial charge in [-0.2, -0.15) is 4.72 Å². The Balaban J connectivity index is 1.45. The summed E-state index contributed by atoms with van der Waals surface area (Å²) in [6.07, 6.45) is 1.43. The number of aromatic amines is 1. The quantitative estimate of drug-likeness (QED) is 0.110. The molecular formula is C37H40F2N6O6S. The van der Waals surface area contributed by atoms with Gasteiger partial charge in [-0.1, -0.05) is 48.0 Å². The van der Waals surface area contributed by atoms with Crippen LogP contribution >= 0.6 is 0 Å². The van der Waals surface area contributed by atoms with Gasteiger partial charge in [0.2, 0.25) is 21.4 Å². The number of rotatable bonds is 14. The monoisotopic (exact) mass is 734 g/mol. The van der Waals surface area contributed by atoms with Crippen LogP contribution in [0.3, 0.4) is 0 Å². The lowest BCUT2D eigenvalue weighted by molar-refractivity contribution is -0.138. The largest absolute Gasteiger partial charge is 0.480 e. The Hall–Kier alpha value is -5.41. The van der Waals surface area contributed by atoms with Crippen LogP contribution in [0.4, 0.5) is 14.7 Å². The molecule has 5 aromatic rings. The third kappa shape index (κ3) is 8.21. The van der Waals surface area contributed by atoms with Crippen molar-refractivity contribution in [1.29, 1.82) is 0 Å². The van der Waals surface area contributed by atoms with E-state index < -0.39 is 57.1 Å². The minimum Gasteiger partial charge on any atom is -0.480 e. The zero-order valence-corrected chi connectivity index (χ0v) is 30.2. The molecule has 0 aliphatic rings. The molecule has 52 heavy (non-hydrogen) atoms. The van der Waals surface area contributed by atoms with Crippen molar-refractivity contribution >= 4 is 38.8 Å². The highest BCUT2D eigenvalue weighted by atomic mass is 32.2. The Kier molecular flexibility index (Phi) is 11.2. The van der Waals surface area contributed by atoms with Gasteiger partial charge in [0.1, 0.15) is 17.4 Å². The fourth-order valence-electron chi connectivity index (χ4n) is 6.23. The predicted octanol–water partition coefficient (Wildman–Crippen LogP) is 4.60. The zero-order valence-electron chi connectivity index (χ0n) is 29.4. The first kappa shape index (κ1) is 37.8. The van der Waals surface area contributed by atoms with Gasteiger partial charge in [0.25, 0.3) is 5.91 Å². The number of nitrogens with zero attached hydrogens (tertiary/aromatic N) is 2. The molecule has 0 aliphatic heterocycles. The van der Waals surface area contributed by atoms with Crippen molar-refractivity contribution in [3.8, 4) is 0 Å². The first-order valence-electron chi connectivity index (χ1n) is 16.5. The molecule has 0 radical (unpaired) electrons. The number of fused-ring (bicyclic) bond motifs is 1. The van der Waals surface area contributed by atoms with Gasteiger partial charge >= 0.3 is 5.97 Å². The maximum atomic E-state index is 16.3. The van der Waals surface area contributed by atoms with E-state index in [2.05, 4.69) is 25.3 Å². The molecule has 1 atom stereocenters. The number of benzene rings is 3. The summed E-state index contributed by atoms with van der Waals surface area (Å²) in [6.45, 7) is 8.12. The Labute approximate surface area is 299 Å². The number of carboxylic acid groups (broad SMARTS) is 1. The summed E-state index contributed by atoms with van der Waals surface area (Å²) in [5.74, 6) is -4.11. The molecule has 274 valence electrons. The summed E-state index contributed by atoms with van der Waals surface area (Å²) >= 11 is 0. The number of aryl methyl sites for hydroxylation is 7. The number of imidazole rings is 1. The Morgan fingerprint density at radius 3 is 2.29 bits per heavy atom. The maximum Gasteiger partial charge on any atom is 0.323 e. The van der Waals surface area contributed by atoms with Crippen molar-refractivity contribution in [2.24, 2.45) is 0 Å². The Morgan fingerprint density at radius 2 is 1.67 bits per heavy atom. The van der Waals surface area contributed by atoms with Crippen LogP contribution in [-0.4, -0.2) is 59.1 Å². The number of nitrogens with one attached hydrogen (secondary N) is 4. The molecule has 0 saturated heterocycles. The zero-order chi connectivity index (χ0) is 37.9. The van der Waals surface area contributed by atoms with E-state index in [4.69, 9.17) is 0 Å². The minimum atomic E-state index is -4.35. The number of pyridine rings is 1. The molecule has 12 nitrogen and oxygen atoms in total. The molecule has 5 N–H and O–H groups in total. The fourth-order valence-corrected chi connectivity index (χ4v) is 7.87. The molecule has 0 saturated carbocycles. The van der Waals surface area contributed by atoms with Gasteiger partial charge in [-0.3, -0.25) is 14.4 Å². The van der Waals surface area contributed by atoms with Crippen LogP contribution in [0.15, 0.2) is 64.4 Å². The average Bonchev–Trinajstić information content (AvgIpc) is 3.39. The number of halogens is 2. The lowest BCUT2D eigenvalue weighted by Gasteiger charge is -2.19. The van der Waals surface area contributed by atoms with E-state index in [1.54, 1.807) is 32.9 Å². The topological polar surface area (TPSA) is 175 Å². The van der Waals surface area contributed by atoms with Crippen LogP contribution in [0.2, 0.25) is 0 Å². The smallest absolute Gasteiger partial charge is 0.323 e. The molecule has 1 amide bonds. The molecule has 15 heteroatoms. The second-order valence-corrected chi connectivity index (χ2v) is 14.4. The van der Waals surface area contributed by atoms with Gasteiger partial charge in [0.05, 0.1) is 21.5 Å². The predicted molar refractivity (Wildman–Crippen MR) is 193 cm³/mol. The number of carboxylic acids is 1. The van der Waals surface area contributed by atoms with Crippen molar-refractivity contribution in [2.75, 3.05) is 18.4 Å². The van der Waals surface area contributed by atoms with Crippen LogP contribution in [0.1, 0.15) is 49.6 Å².